The van der Waals surface area contributed by atoms with E-state index in [9.17, 15) is 23.3 Å². The first kappa shape index (κ1) is 18.7. The lowest BCUT2D eigenvalue weighted by atomic mass is 10.1. The monoisotopic (exact) mass is 382 g/mol. The smallest absolute Gasteiger partial charge is 0.270 e. The number of amides is 1. The number of piperidine rings is 1. The summed E-state index contributed by atoms with van der Waals surface area (Å²) in [6.07, 6.45) is 2.85. The van der Waals surface area contributed by atoms with Gasteiger partial charge in [-0.2, -0.15) is 4.31 Å². The Morgan fingerprint density at radius 2 is 2.12 bits per heavy atom. The molecule has 1 aromatic carbocycles. The molecule has 3 rings (SSSR count). The van der Waals surface area contributed by atoms with Crippen LogP contribution < -0.4 is 10.6 Å². The van der Waals surface area contributed by atoms with Crippen molar-refractivity contribution in [1.82, 2.24) is 14.9 Å². The molecule has 0 saturated carbocycles. The molecule has 0 spiro atoms. The number of nitro groups is 1. The zero-order valence-corrected chi connectivity index (χ0v) is 15.1. The molecule has 10 heteroatoms. The highest BCUT2D eigenvalue weighted by Gasteiger charge is 2.40. The van der Waals surface area contributed by atoms with Gasteiger partial charge in [-0.05, 0) is 38.3 Å². The quantitative estimate of drug-likeness (QED) is 0.569. The molecule has 9 nitrogen and oxygen atoms in total. The lowest BCUT2D eigenvalue weighted by molar-refractivity contribution is -0.385. The fraction of sp³-hybridized carbons (Fsp3) is 0.562. The van der Waals surface area contributed by atoms with Gasteiger partial charge in [0.2, 0.25) is 15.9 Å². The molecule has 1 amide bonds. The zero-order valence-electron chi connectivity index (χ0n) is 14.3. The predicted molar refractivity (Wildman–Crippen MR) is 94.0 cm³/mol. The van der Waals surface area contributed by atoms with E-state index in [-0.39, 0.29) is 29.1 Å². The van der Waals surface area contributed by atoms with E-state index in [0.717, 1.165) is 29.8 Å². The highest BCUT2D eigenvalue weighted by atomic mass is 32.2. The first-order valence-corrected chi connectivity index (χ1v) is 10.1. The van der Waals surface area contributed by atoms with Gasteiger partial charge >= 0.3 is 0 Å². The standard InChI is InChI=1S/C16H22N4O5S/c21-16(18-12-4-2-8-17-11-12)15-7-3-9-19(15)26(24,25)14-6-1-5-13(10-14)20(22)23/h1,5-6,10,12,15,17H,2-4,7-9,11H2,(H,18,21)/t12-,15?/m0/s1. The van der Waals surface area contributed by atoms with Crippen molar-refractivity contribution in [2.75, 3.05) is 19.6 Å². The molecule has 26 heavy (non-hydrogen) atoms. The molecule has 0 aliphatic carbocycles. The van der Waals surface area contributed by atoms with Crippen molar-refractivity contribution in [3.8, 4) is 0 Å². The molecule has 1 aromatic rings. The third-order valence-corrected chi connectivity index (χ3v) is 6.69. The summed E-state index contributed by atoms with van der Waals surface area (Å²) in [5, 5.41) is 17.1. The second-order valence-electron chi connectivity index (χ2n) is 6.58. The summed E-state index contributed by atoms with van der Waals surface area (Å²) >= 11 is 0. The summed E-state index contributed by atoms with van der Waals surface area (Å²) in [4.78, 5) is 22.7. The Balaban J connectivity index is 1.78. The lowest BCUT2D eigenvalue weighted by Gasteiger charge is -2.28. The molecule has 142 valence electrons. The SMILES string of the molecule is O=C(N[C@H]1CCCNC1)C1CCCN1S(=O)(=O)c1cccc([N+](=O)[O-])c1. The number of nitrogens with one attached hydrogen (secondary N) is 2. The van der Waals surface area contributed by atoms with Gasteiger partial charge in [0.15, 0.2) is 0 Å². The number of sulfonamides is 1. The Labute approximate surface area is 152 Å². The van der Waals surface area contributed by atoms with Gasteiger partial charge in [-0.1, -0.05) is 6.07 Å². The van der Waals surface area contributed by atoms with E-state index < -0.39 is 21.0 Å². The van der Waals surface area contributed by atoms with Crippen molar-refractivity contribution >= 4 is 21.6 Å². The van der Waals surface area contributed by atoms with E-state index >= 15 is 0 Å². The number of nitrogens with zero attached hydrogens (tertiary/aromatic N) is 2. The molecule has 2 aliphatic heterocycles. The third kappa shape index (κ3) is 3.87. The van der Waals surface area contributed by atoms with Crippen LogP contribution in [-0.2, 0) is 14.8 Å². The van der Waals surface area contributed by atoms with Gasteiger partial charge in [0.25, 0.3) is 5.69 Å². The average Bonchev–Trinajstić information content (AvgIpc) is 3.13. The van der Waals surface area contributed by atoms with Crippen molar-refractivity contribution in [3.63, 3.8) is 0 Å². The van der Waals surface area contributed by atoms with Crippen LogP contribution in [-0.4, -0.2) is 55.3 Å². The first-order valence-electron chi connectivity index (χ1n) is 8.67. The van der Waals surface area contributed by atoms with Gasteiger partial charge < -0.3 is 10.6 Å². The van der Waals surface area contributed by atoms with E-state index in [1.165, 1.54) is 18.2 Å². The summed E-state index contributed by atoms with van der Waals surface area (Å²) < 4.78 is 27.0. The minimum Gasteiger partial charge on any atom is -0.351 e. The molecule has 2 heterocycles. The van der Waals surface area contributed by atoms with Gasteiger partial charge in [0.05, 0.1) is 9.82 Å². The van der Waals surface area contributed by atoms with Crippen molar-refractivity contribution in [3.05, 3.63) is 34.4 Å². The molecule has 2 N–H and O–H groups in total. The fourth-order valence-corrected chi connectivity index (χ4v) is 5.15. The Bertz CT molecular complexity index is 792. The number of benzene rings is 1. The van der Waals surface area contributed by atoms with Crippen LogP contribution >= 0.6 is 0 Å². The zero-order chi connectivity index (χ0) is 18.7. The van der Waals surface area contributed by atoms with Crippen molar-refractivity contribution in [2.45, 2.75) is 42.7 Å². The maximum absolute atomic E-state index is 12.9. The average molecular weight is 382 g/mol. The molecule has 0 aromatic heterocycles. The Morgan fingerprint density at radius 1 is 1.31 bits per heavy atom. The summed E-state index contributed by atoms with van der Waals surface area (Å²) in [6.45, 7) is 1.82. The first-order chi connectivity index (χ1) is 12.4. The van der Waals surface area contributed by atoms with Gasteiger partial charge in [0, 0.05) is 31.3 Å². The topological polar surface area (TPSA) is 122 Å². The maximum Gasteiger partial charge on any atom is 0.270 e. The minimum absolute atomic E-state index is 0.000725. The summed E-state index contributed by atoms with van der Waals surface area (Å²) in [5.41, 5.74) is -0.292. The Kier molecular flexibility index (Phi) is 5.54. The van der Waals surface area contributed by atoms with Crippen LogP contribution in [0.3, 0.4) is 0 Å². The van der Waals surface area contributed by atoms with E-state index in [4.69, 9.17) is 0 Å². The number of carbonyl (C=O) groups excluding carboxylic acids is 1. The van der Waals surface area contributed by atoms with Crippen LogP contribution in [0.2, 0.25) is 0 Å². The van der Waals surface area contributed by atoms with Crippen LogP contribution in [0, 0.1) is 10.1 Å². The summed E-state index contributed by atoms with van der Waals surface area (Å²) in [5.74, 6) is -0.301. The molecule has 0 bridgehead atoms. The minimum atomic E-state index is -3.98. The van der Waals surface area contributed by atoms with Crippen LogP contribution in [0.25, 0.3) is 0 Å². The Hall–Kier alpha value is -2.04. The summed E-state index contributed by atoms with van der Waals surface area (Å²) in [6, 6.07) is 4.15. The van der Waals surface area contributed by atoms with Crippen LogP contribution in [0.1, 0.15) is 25.7 Å². The van der Waals surface area contributed by atoms with Crippen LogP contribution in [0.4, 0.5) is 5.69 Å². The normalized spacial score (nSPS) is 24.3. The lowest BCUT2D eigenvalue weighted by Crippen LogP contribution is -2.52. The molecular formula is C16H22N4O5S. The van der Waals surface area contributed by atoms with Gasteiger partial charge in [-0.3, -0.25) is 14.9 Å². The highest BCUT2D eigenvalue weighted by molar-refractivity contribution is 7.89. The van der Waals surface area contributed by atoms with Crippen LogP contribution in [0.15, 0.2) is 29.2 Å². The second-order valence-corrected chi connectivity index (χ2v) is 8.47. The molecular weight excluding hydrogens is 360 g/mol. The van der Waals surface area contributed by atoms with E-state index in [1.807, 2.05) is 0 Å². The van der Waals surface area contributed by atoms with E-state index in [0.29, 0.717) is 19.4 Å². The molecule has 2 fully saturated rings. The number of hydrogen-bond donors (Lipinski definition) is 2. The van der Waals surface area contributed by atoms with E-state index in [2.05, 4.69) is 10.6 Å². The number of hydrogen-bond acceptors (Lipinski definition) is 6. The van der Waals surface area contributed by atoms with Crippen LogP contribution in [0.5, 0.6) is 0 Å². The number of non-ortho nitro benzene ring substituents is 1. The maximum atomic E-state index is 12.9. The van der Waals surface area contributed by atoms with Crippen molar-refractivity contribution in [2.24, 2.45) is 0 Å². The third-order valence-electron chi connectivity index (χ3n) is 4.78. The molecule has 2 atom stereocenters. The summed E-state index contributed by atoms with van der Waals surface area (Å²) in [7, 11) is -3.98. The van der Waals surface area contributed by atoms with Gasteiger partial charge in [0.1, 0.15) is 6.04 Å². The molecule has 1 unspecified atom stereocenters. The number of nitro benzene ring substituents is 1. The van der Waals surface area contributed by atoms with Crippen molar-refractivity contribution in [1.29, 1.82) is 0 Å². The number of rotatable bonds is 5. The predicted octanol–water partition coefficient (Wildman–Crippen LogP) is 0.616. The molecule has 2 aliphatic rings. The fourth-order valence-electron chi connectivity index (χ4n) is 3.46. The molecule has 2 saturated heterocycles. The van der Waals surface area contributed by atoms with E-state index in [1.54, 1.807) is 0 Å². The molecule has 0 radical (unpaired) electrons. The van der Waals surface area contributed by atoms with Crippen molar-refractivity contribution < 1.29 is 18.1 Å². The van der Waals surface area contributed by atoms with Gasteiger partial charge in [-0.25, -0.2) is 8.42 Å². The Morgan fingerprint density at radius 3 is 2.81 bits per heavy atom. The highest BCUT2D eigenvalue weighted by Crippen LogP contribution is 2.28. The number of carbonyl (C=O) groups is 1. The largest absolute Gasteiger partial charge is 0.351 e. The van der Waals surface area contributed by atoms with Gasteiger partial charge in [-0.15, -0.1) is 0 Å². The second kappa shape index (κ2) is 7.68.